The van der Waals surface area contributed by atoms with Gasteiger partial charge in [0.2, 0.25) is 5.89 Å². The predicted molar refractivity (Wildman–Crippen MR) is 58.6 cm³/mol. The maximum atomic E-state index is 9.06. The number of aryl methyl sites for hydroxylation is 2. The Hall–Kier alpha value is -0.870. The SMILES string of the molecule is Cc1nc(CNCC(C)(C)CO)oc1C. The number of aliphatic hydroxyl groups excluding tert-OH is 1. The van der Waals surface area contributed by atoms with Crippen molar-refractivity contribution in [1.29, 1.82) is 0 Å². The van der Waals surface area contributed by atoms with Crippen LogP contribution in [0.1, 0.15) is 31.2 Å². The van der Waals surface area contributed by atoms with Crippen LogP contribution >= 0.6 is 0 Å². The Morgan fingerprint density at radius 1 is 1.40 bits per heavy atom. The monoisotopic (exact) mass is 212 g/mol. The van der Waals surface area contributed by atoms with E-state index in [4.69, 9.17) is 9.52 Å². The van der Waals surface area contributed by atoms with Gasteiger partial charge in [0.15, 0.2) is 0 Å². The van der Waals surface area contributed by atoms with E-state index in [0.717, 1.165) is 18.0 Å². The number of aromatic nitrogens is 1. The standard InChI is InChI=1S/C11H20N2O2/c1-8-9(2)15-10(13-8)5-12-6-11(3,4)7-14/h12,14H,5-7H2,1-4H3. The Labute approximate surface area is 90.7 Å². The first-order valence-electron chi connectivity index (χ1n) is 5.19. The van der Waals surface area contributed by atoms with Crippen LogP contribution in [-0.4, -0.2) is 23.2 Å². The molecule has 4 nitrogen and oxygen atoms in total. The molecule has 15 heavy (non-hydrogen) atoms. The van der Waals surface area contributed by atoms with Crippen LogP contribution < -0.4 is 5.32 Å². The third-order valence-corrected chi connectivity index (χ3v) is 2.38. The molecule has 0 unspecified atom stereocenters. The van der Waals surface area contributed by atoms with Crippen LogP contribution in [0.25, 0.3) is 0 Å². The molecule has 1 heterocycles. The summed E-state index contributed by atoms with van der Waals surface area (Å²) >= 11 is 0. The van der Waals surface area contributed by atoms with Gasteiger partial charge in [0.1, 0.15) is 5.76 Å². The molecule has 1 aromatic heterocycles. The number of hydrogen-bond acceptors (Lipinski definition) is 4. The van der Waals surface area contributed by atoms with Crippen LogP contribution in [0.2, 0.25) is 0 Å². The van der Waals surface area contributed by atoms with Crippen LogP contribution in [0.15, 0.2) is 4.42 Å². The van der Waals surface area contributed by atoms with Gasteiger partial charge in [-0.05, 0) is 13.8 Å². The van der Waals surface area contributed by atoms with Gasteiger partial charge in [-0.1, -0.05) is 13.8 Å². The van der Waals surface area contributed by atoms with Crippen molar-refractivity contribution in [1.82, 2.24) is 10.3 Å². The fraction of sp³-hybridized carbons (Fsp3) is 0.727. The number of nitrogens with one attached hydrogen (secondary N) is 1. The summed E-state index contributed by atoms with van der Waals surface area (Å²) in [5, 5.41) is 12.3. The summed E-state index contributed by atoms with van der Waals surface area (Å²) in [7, 11) is 0. The zero-order valence-electron chi connectivity index (χ0n) is 9.92. The van der Waals surface area contributed by atoms with Crippen molar-refractivity contribution < 1.29 is 9.52 Å². The molecule has 0 bridgehead atoms. The molecule has 0 saturated heterocycles. The molecule has 86 valence electrons. The molecule has 0 atom stereocenters. The second-order valence-corrected chi connectivity index (χ2v) is 4.68. The first-order chi connectivity index (χ1) is 6.94. The van der Waals surface area contributed by atoms with Gasteiger partial charge in [-0.3, -0.25) is 0 Å². The van der Waals surface area contributed by atoms with Crippen molar-refractivity contribution in [3.8, 4) is 0 Å². The average Bonchev–Trinajstić information content (AvgIpc) is 2.46. The van der Waals surface area contributed by atoms with Crippen LogP contribution in [0.4, 0.5) is 0 Å². The molecule has 0 amide bonds. The molecular weight excluding hydrogens is 192 g/mol. The number of rotatable bonds is 5. The molecule has 1 rings (SSSR count). The number of aliphatic hydroxyl groups is 1. The minimum absolute atomic E-state index is 0.101. The van der Waals surface area contributed by atoms with Crippen molar-refractivity contribution in [3.63, 3.8) is 0 Å². The minimum atomic E-state index is -0.101. The van der Waals surface area contributed by atoms with E-state index in [1.807, 2.05) is 27.7 Å². The average molecular weight is 212 g/mol. The highest BCUT2D eigenvalue weighted by atomic mass is 16.4. The minimum Gasteiger partial charge on any atom is -0.444 e. The smallest absolute Gasteiger partial charge is 0.208 e. The Kier molecular flexibility index (Phi) is 3.88. The van der Waals surface area contributed by atoms with Crippen molar-refractivity contribution >= 4 is 0 Å². The number of nitrogens with zero attached hydrogens (tertiary/aromatic N) is 1. The molecule has 0 spiro atoms. The lowest BCUT2D eigenvalue weighted by Crippen LogP contribution is -2.31. The fourth-order valence-electron chi connectivity index (χ4n) is 1.18. The third-order valence-electron chi connectivity index (χ3n) is 2.38. The van der Waals surface area contributed by atoms with Gasteiger partial charge >= 0.3 is 0 Å². The quantitative estimate of drug-likeness (QED) is 0.774. The second-order valence-electron chi connectivity index (χ2n) is 4.68. The summed E-state index contributed by atoms with van der Waals surface area (Å²) in [6.45, 7) is 9.37. The maximum absolute atomic E-state index is 9.06. The molecule has 0 aliphatic carbocycles. The maximum Gasteiger partial charge on any atom is 0.208 e. The lowest BCUT2D eigenvalue weighted by Gasteiger charge is -2.21. The topological polar surface area (TPSA) is 58.3 Å². The highest BCUT2D eigenvalue weighted by Crippen LogP contribution is 2.12. The molecule has 0 aliphatic heterocycles. The molecule has 0 saturated carbocycles. The molecule has 0 radical (unpaired) electrons. The van der Waals surface area contributed by atoms with Crippen LogP contribution in [-0.2, 0) is 6.54 Å². The van der Waals surface area contributed by atoms with E-state index >= 15 is 0 Å². The molecular formula is C11H20N2O2. The zero-order valence-corrected chi connectivity index (χ0v) is 9.92. The van der Waals surface area contributed by atoms with E-state index in [2.05, 4.69) is 10.3 Å². The van der Waals surface area contributed by atoms with E-state index in [1.54, 1.807) is 0 Å². The van der Waals surface area contributed by atoms with Gasteiger partial charge in [-0.15, -0.1) is 0 Å². The normalized spacial score (nSPS) is 12.1. The summed E-state index contributed by atoms with van der Waals surface area (Å²) in [6, 6.07) is 0. The van der Waals surface area contributed by atoms with Gasteiger partial charge in [0, 0.05) is 18.6 Å². The summed E-state index contributed by atoms with van der Waals surface area (Å²) in [4.78, 5) is 4.26. The van der Waals surface area contributed by atoms with Gasteiger partial charge in [-0.2, -0.15) is 0 Å². The van der Waals surface area contributed by atoms with E-state index in [0.29, 0.717) is 12.4 Å². The van der Waals surface area contributed by atoms with Gasteiger partial charge in [-0.25, -0.2) is 4.98 Å². The van der Waals surface area contributed by atoms with Gasteiger partial charge in [0.05, 0.1) is 12.2 Å². The molecule has 0 fully saturated rings. The highest BCUT2D eigenvalue weighted by Gasteiger charge is 2.16. The fourth-order valence-corrected chi connectivity index (χ4v) is 1.18. The Bertz CT molecular complexity index is 299. The summed E-state index contributed by atoms with van der Waals surface area (Å²) in [6.07, 6.45) is 0. The Balaban J connectivity index is 2.38. The molecule has 0 aromatic carbocycles. The van der Waals surface area contributed by atoms with Crippen molar-refractivity contribution in [2.45, 2.75) is 34.2 Å². The first-order valence-corrected chi connectivity index (χ1v) is 5.19. The van der Waals surface area contributed by atoms with Gasteiger partial charge < -0.3 is 14.8 Å². The second kappa shape index (κ2) is 4.77. The summed E-state index contributed by atoms with van der Waals surface area (Å²) in [5.74, 6) is 1.58. The number of oxazole rings is 1. The lowest BCUT2D eigenvalue weighted by molar-refractivity contribution is 0.155. The van der Waals surface area contributed by atoms with Gasteiger partial charge in [0.25, 0.3) is 0 Å². The van der Waals surface area contributed by atoms with E-state index in [1.165, 1.54) is 0 Å². The van der Waals surface area contributed by atoms with Crippen molar-refractivity contribution in [3.05, 3.63) is 17.3 Å². The molecule has 1 aromatic rings. The van der Waals surface area contributed by atoms with E-state index in [9.17, 15) is 0 Å². The highest BCUT2D eigenvalue weighted by molar-refractivity contribution is 5.05. The van der Waals surface area contributed by atoms with E-state index < -0.39 is 0 Å². The van der Waals surface area contributed by atoms with E-state index in [-0.39, 0.29) is 12.0 Å². The first kappa shape index (κ1) is 12.2. The van der Waals surface area contributed by atoms with Crippen molar-refractivity contribution in [2.75, 3.05) is 13.2 Å². The lowest BCUT2D eigenvalue weighted by atomic mass is 9.95. The van der Waals surface area contributed by atoms with Crippen LogP contribution in [0, 0.1) is 19.3 Å². The summed E-state index contributed by atoms with van der Waals surface area (Å²) in [5.41, 5.74) is 0.838. The van der Waals surface area contributed by atoms with Crippen molar-refractivity contribution in [2.24, 2.45) is 5.41 Å². The third kappa shape index (κ3) is 3.64. The Morgan fingerprint density at radius 3 is 2.53 bits per heavy atom. The largest absolute Gasteiger partial charge is 0.444 e. The Morgan fingerprint density at radius 2 is 2.07 bits per heavy atom. The zero-order chi connectivity index (χ0) is 11.5. The molecule has 2 N–H and O–H groups in total. The van der Waals surface area contributed by atoms with Crippen LogP contribution in [0.3, 0.4) is 0 Å². The predicted octanol–water partition coefficient (Wildman–Crippen LogP) is 1.40. The summed E-state index contributed by atoms with van der Waals surface area (Å²) < 4.78 is 5.43. The van der Waals surface area contributed by atoms with Crippen LogP contribution in [0.5, 0.6) is 0 Å². The number of hydrogen-bond donors (Lipinski definition) is 2. The molecule has 4 heteroatoms. The molecule has 0 aliphatic rings.